The molecule has 1 saturated carbocycles. The quantitative estimate of drug-likeness (QED) is 0.736. The zero-order valence-electron chi connectivity index (χ0n) is 17.9. The van der Waals surface area contributed by atoms with E-state index in [4.69, 9.17) is 17.3 Å². The van der Waals surface area contributed by atoms with Crippen LogP contribution in [0, 0.1) is 17.1 Å². The molecule has 8 heteroatoms. The molecule has 3 N–H and O–H groups in total. The van der Waals surface area contributed by atoms with Crippen LogP contribution in [0.1, 0.15) is 55.4 Å². The third kappa shape index (κ3) is 3.96. The van der Waals surface area contributed by atoms with Crippen molar-refractivity contribution in [2.24, 2.45) is 10.7 Å². The highest BCUT2D eigenvalue weighted by Gasteiger charge is 2.48. The molecule has 1 fully saturated rings. The highest BCUT2D eigenvalue weighted by molar-refractivity contribution is 6.32. The number of aliphatic hydroxyl groups is 1. The molecule has 4 rings (SSSR count). The summed E-state index contributed by atoms with van der Waals surface area (Å²) in [4.78, 5) is 19.1. The van der Waals surface area contributed by atoms with E-state index in [-0.39, 0.29) is 29.9 Å². The Hall–Kier alpha value is -2.95. The minimum Gasteiger partial charge on any atom is -0.390 e. The van der Waals surface area contributed by atoms with Crippen LogP contribution in [0.2, 0.25) is 5.02 Å². The van der Waals surface area contributed by atoms with Crippen molar-refractivity contribution in [2.75, 3.05) is 0 Å². The van der Waals surface area contributed by atoms with E-state index in [1.807, 2.05) is 31.2 Å². The van der Waals surface area contributed by atoms with Gasteiger partial charge in [0.25, 0.3) is 0 Å². The van der Waals surface area contributed by atoms with E-state index in [9.17, 15) is 19.6 Å². The molecule has 1 aliphatic heterocycles. The lowest BCUT2D eigenvalue weighted by Gasteiger charge is -2.48. The average Bonchev–Trinajstić information content (AvgIpc) is 2.68. The molecule has 1 aliphatic carbocycles. The predicted octanol–water partition coefficient (Wildman–Crippen LogP) is 3.62. The standard InChI is InChI=1S/C24H24ClFN4O2/c1-23(32)10-18(11-23)30-20(31)12-24(2,29-22(30)28)19-5-3-4-15(21(19)25)8-14-6-7-17(26)9-16(14)13-27/h3-7,9,18,32H,8,10-12H2,1-2H3,(H2,28,29)/t18?,23?,24-/m0/s1. The van der Waals surface area contributed by atoms with Gasteiger partial charge in [-0.2, -0.15) is 5.26 Å². The first-order valence-electron chi connectivity index (χ1n) is 10.4. The van der Waals surface area contributed by atoms with Crippen molar-refractivity contribution in [1.29, 1.82) is 5.26 Å². The van der Waals surface area contributed by atoms with Crippen LogP contribution in [0.15, 0.2) is 41.4 Å². The van der Waals surface area contributed by atoms with Crippen molar-refractivity contribution in [2.45, 2.75) is 56.7 Å². The Morgan fingerprint density at radius 3 is 2.66 bits per heavy atom. The van der Waals surface area contributed by atoms with Crippen molar-refractivity contribution < 1.29 is 14.3 Å². The second-order valence-electron chi connectivity index (χ2n) is 9.11. The minimum atomic E-state index is -0.947. The number of benzene rings is 2. The third-order valence-electron chi connectivity index (χ3n) is 6.32. The molecule has 1 heterocycles. The summed E-state index contributed by atoms with van der Waals surface area (Å²) < 4.78 is 13.5. The van der Waals surface area contributed by atoms with Crippen LogP contribution in [0.4, 0.5) is 4.39 Å². The Balaban J connectivity index is 1.65. The fourth-order valence-corrected chi connectivity index (χ4v) is 5.08. The molecule has 0 aromatic heterocycles. The number of halogens is 2. The summed E-state index contributed by atoms with van der Waals surface area (Å²) in [5.41, 5.74) is 6.78. The second kappa shape index (κ2) is 7.88. The lowest BCUT2D eigenvalue weighted by atomic mass is 9.75. The Bertz CT molecular complexity index is 1170. The number of hydrogen-bond acceptors (Lipinski definition) is 5. The molecule has 1 amide bonds. The maximum Gasteiger partial charge on any atom is 0.232 e. The topological polar surface area (TPSA) is 103 Å². The first-order valence-corrected chi connectivity index (χ1v) is 10.8. The maximum atomic E-state index is 13.5. The van der Waals surface area contributed by atoms with Crippen LogP contribution in [0.3, 0.4) is 0 Å². The smallest absolute Gasteiger partial charge is 0.232 e. The van der Waals surface area contributed by atoms with Gasteiger partial charge < -0.3 is 10.8 Å². The molecule has 2 aromatic rings. The zero-order valence-corrected chi connectivity index (χ0v) is 18.7. The number of carbonyl (C=O) groups excluding carboxylic acids is 1. The summed E-state index contributed by atoms with van der Waals surface area (Å²) in [6.45, 7) is 3.55. The molecule has 1 atom stereocenters. The average molecular weight is 455 g/mol. The summed E-state index contributed by atoms with van der Waals surface area (Å²) in [6.07, 6.45) is 1.35. The van der Waals surface area contributed by atoms with Gasteiger partial charge in [0, 0.05) is 17.5 Å². The Morgan fingerprint density at radius 1 is 1.31 bits per heavy atom. The molecular weight excluding hydrogens is 431 g/mol. The van der Waals surface area contributed by atoms with E-state index >= 15 is 0 Å². The second-order valence-corrected chi connectivity index (χ2v) is 9.49. The highest BCUT2D eigenvalue weighted by Crippen LogP contribution is 2.42. The SMILES string of the molecule is CC1(O)CC(N2C(=O)C[C@@](C)(c3cccc(Cc4ccc(F)cc4C#N)c3Cl)N=C2N)C1. The number of aliphatic imine (C=N–C) groups is 1. The summed E-state index contributed by atoms with van der Waals surface area (Å²) >= 11 is 6.75. The van der Waals surface area contributed by atoms with E-state index in [2.05, 4.69) is 4.99 Å². The van der Waals surface area contributed by atoms with Crippen molar-refractivity contribution in [1.82, 2.24) is 4.90 Å². The van der Waals surface area contributed by atoms with Gasteiger partial charge >= 0.3 is 0 Å². The predicted molar refractivity (Wildman–Crippen MR) is 119 cm³/mol. The fraction of sp³-hybridized carbons (Fsp3) is 0.375. The van der Waals surface area contributed by atoms with E-state index in [1.54, 1.807) is 13.0 Å². The molecule has 2 aromatic carbocycles. The van der Waals surface area contributed by atoms with E-state index < -0.39 is 17.0 Å². The largest absolute Gasteiger partial charge is 0.390 e. The van der Waals surface area contributed by atoms with E-state index in [0.29, 0.717) is 35.4 Å². The third-order valence-corrected chi connectivity index (χ3v) is 6.77. The lowest BCUT2D eigenvalue weighted by Crippen LogP contribution is -2.61. The number of nitriles is 1. The van der Waals surface area contributed by atoms with Crippen LogP contribution >= 0.6 is 11.6 Å². The monoisotopic (exact) mass is 454 g/mol. The lowest BCUT2D eigenvalue weighted by molar-refractivity contribution is -0.138. The minimum absolute atomic E-state index is 0.0928. The highest BCUT2D eigenvalue weighted by atomic mass is 35.5. The molecule has 2 aliphatic rings. The first kappa shape index (κ1) is 22.3. The van der Waals surface area contributed by atoms with Crippen LogP contribution < -0.4 is 5.73 Å². The van der Waals surface area contributed by atoms with Gasteiger partial charge in [0.15, 0.2) is 5.96 Å². The molecule has 0 spiro atoms. The van der Waals surface area contributed by atoms with Gasteiger partial charge in [-0.25, -0.2) is 9.38 Å². The van der Waals surface area contributed by atoms with Gasteiger partial charge in [-0.15, -0.1) is 0 Å². The Morgan fingerprint density at radius 2 is 2.03 bits per heavy atom. The van der Waals surface area contributed by atoms with Gasteiger partial charge in [0.1, 0.15) is 5.82 Å². The number of guanidine groups is 1. The first-order chi connectivity index (χ1) is 15.0. The van der Waals surface area contributed by atoms with Crippen molar-refractivity contribution in [3.8, 4) is 6.07 Å². The van der Waals surface area contributed by atoms with Gasteiger partial charge in [-0.05, 0) is 55.5 Å². The number of nitrogens with zero attached hydrogens (tertiary/aromatic N) is 3. The normalized spacial score (nSPS) is 27.5. The van der Waals surface area contributed by atoms with Crippen molar-refractivity contribution >= 4 is 23.5 Å². The Kier molecular flexibility index (Phi) is 5.48. The van der Waals surface area contributed by atoms with E-state index in [0.717, 1.165) is 5.56 Å². The molecule has 32 heavy (non-hydrogen) atoms. The van der Waals surface area contributed by atoms with Gasteiger partial charge in [-0.3, -0.25) is 9.69 Å². The molecule has 166 valence electrons. The molecule has 0 saturated heterocycles. The van der Waals surface area contributed by atoms with Crippen LogP contribution in [0.25, 0.3) is 0 Å². The van der Waals surface area contributed by atoms with Gasteiger partial charge in [0.05, 0.1) is 29.2 Å². The van der Waals surface area contributed by atoms with E-state index in [1.165, 1.54) is 17.0 Å². The summed E-state index contributed by atoms with van der Waals surface area (Å²) in [7, 11) is 0. The zero-order chi connectivity index (χ0) is 23.3. The summed E-state index contributed by atoms with van der Waals surface area (Å²) in [6, 6.07) is 11.4. The van der Waals surface area contributed by atoms with Crippen LogP contribution in [0.5, 0.6) is 0 Å². The van der Waals surface area contributed by atoms with Crippen LogP contribution in [-0.2, 0) is 16.8 Å². The van der Waals surface area contributed by atoms with Gasteiger partial charge in [0.2, 0.25) is 5.91 Å². The number of amides is 1. The molecule has 0 radical (unpaired) electrons. The molecule has 6 nitrogen and oxygen atoms in total. The van der Waals surface area contributed by atoms with Crippen molar-refractivity contribution in [3.05, 3.63) is 69.5 Å². The Labute approximate surface area is 191 Å². The fourth-order valence-electron chi connectivity index (χ4n) is 4.68. The summed E-state index contributed by atoms with van der Waals surface area (Å²) in [5.74, 6) is -0.510. The molecule has 0 bridgehead atoms. The number of nitrogens with two attached hydrogens (primary N) is 1. The number of rotatable bonds is 4. The van der Waals surface area contributed by atoms with Crippen molar-refractivity contribution in [3.63, 3.8) is 0 Å². The van der Waals surface area contributed by atoms with Gasteiger partial charge in [-0.1, -0.05) is 35.9 Å². The number of hydrogen-bond donors (Lipinski definition) is 2. The molecule has 0 unspecified atom stereocenters. The molecular formula is C24H24ClFN4O2. The number of carbonyl (C=O) groups is 1. The maximum absolute atomic E-state index is 13.5. The van der Waals surface area contributed by atoms with Crippen LogP contribution in [-0.4, -0.2) is 33.5 Å². The summed E-state index contributed by atoms with van der Waals surface area (Å²) in [5, 5.41) is 19.8.